The van der Waals surface area contributed by atoms with Crippen molar-refractivity contribution < 1.29 is 9.53 Å². The first-order valence-electron chi connectivity index (χ1n) is 6.56. The summed E-state index contributed by atoms with van der Waals surface area (Å²) in [7, 11) is 0. The van der Waals surface area contributed by atoms with Gasteiger partial charge in [-0.1, -0.05) is 13.3 Å². The van der Waals surface area contributed by atoms with Crippen LogP contribution in [0.2, 0.25) is 0 Å². The van der Waals surface area contributed by atoms with Crippen LogP contribution >= 0.6 is 0 Å². The normalized spacial score (nSPS) is 21.5. The summed E-state index contributed by atoms with van der Waals surface area (Å²) in [6, 6.07) is 0.460. The van der Waals surface area contributed by atoms with Crippen LogP contribution in [0.3, 0.4) is 0 Å². The van der Waals surface area contributed by atoms with Crippen molar-refractivity contribution in [3.05, 3.63) is 0 Å². The van der Waals surface area contributed by atoms with Gasteiger partial charge in [0.2, 0.25) is 5.91 Å². The van der Waals surface area contributed by atoms with Gasteiger partial charge in [-0.3, -0.25) is 4.79 Å². The summed E-state index contributed by atoms with van der Waals surface area (Å²) in [5.41, 5.74) is 0. The van der Waals surface area contributed by atoms with Crippen LogP contribution in [0.15, 0.2) is 0 Å². The molecule has 94 valence electrons. The van der Waals surface area contributed by atoms with E-state index < -0.39 is 0 Å². The number of hydrogen-bond acceptors (Lipinski definition) is 2. The number of rotatable bonds is 5. The molecule has 0 bridgehead atoms. The molecule has 0 aliphatic carbocycles. The molecule has 1 rings (SSSR count). The minimum atomic E-state index is 0.137. The smallest absolute Gasteiger partial charge is 0.248 e. The molecule has 0 N–H and O–H groups in total. The van der Waals surface area contributed by atoms with Gasteiger partial charge in [-0.2, -0.15) is 0 Å². The van der Waals surface area contributed by atoms with Crippen molar-refractivity contribution in [2.75, 3.05) is 13.2 Å². The SMILES string of the molecule is CCCC1CCCCN1C(=O)COC(C)C. The summed E-state index contributed by atoms with van der Waals surface area (Å²) >= 11 is 0. The lowest BCUT2D eigenvalue weighted by Crippen LogP contribution is -2.45. The van der Waals surface area contributed by atoms with Gasteiger partial charge in [-0.25, -0.2) is 0 Å². The molecule has 0 saturated carbocycles. The Hall–Kier alpha value is -0.570. The second-order valence-corrected chi connectivity index (χ2v) is 4.89. The van der Waals surface area contributed by atoms with Crippen molar-refractivity contribution in [3.63, 3.8) is 0 Å². The maximum Gasteiger partial charge on any atom is 0.248 e. The Morgan fingerprint density at radius 3 is 2.81 bits per heavy atom. The Bertz CT molecular complexity index is 214. The van der Waals surface area contributed by atoms with Crippen molar-refractivity contribution in [2.45, 2.75) is 65.0 Å². The lowest BCUT2D eigenvalue weighted by Gasteiger charge is -2.35. The second kappa shape index (κ2) is 6.89. The number of nitrogens with zero attached hydrogens (tertiary/aromatic N) is 1. The van der Waals surface area contributed by atoms with Gasteiger partial charge in [0.25, 0.3) is 0 Å². The highest BCUT2D eigenvalue weighted by atomic mass is 16.5. The van der Waals surface area contributed by atoms with Crippen molar-refractivity contribution in [1.82, 2.24) is 4.90 Å². The van der Waals surface area contributed by atoms with Gasteiger partial charge >= 0.3 is 0 Å². The minimum Gasteiger partial charge on any atom is -0.369 e. The highest BCUT2D eigenvalue weighted by Crippen LogP contribution is 2.20. The average Bonchev–Trinajstić information content (AvgIpc) is 2.27. The van der Waals surface area contributed by atoms with Gasteiger partial charge in [0, 0.05) is 12.6 Å². The number of carbonyl (C=O) groups excluding carboxylic acids is 1. The topological polar surface area (TPSA) is 29.5 Å². The largest absolute Gasteiger partial charge is 0.369 e. The van der Waals surface area contributed by atoms with Crippen molar-refractivity contribution >= 4 is 5.91 Å². The average molecular weight is 227 g/mol. The first-order valence-corrected chi connectivity index (χ1v) is 6.56. The van der Waals surface area contributed by atoms with Gasteiger partial charge in [0.15, 0.2) is 0 Å². The standard InChI is InChI=1S/C13H25NO2/c1-4-7-12-8-5-6-9-14(12)13(15)10-16-11(2)3/h11-12H,4-10H2,1-3H3. The van der Waals surface area contributed by atoms with E-state index in [1.807, 2.05) is 18.7 Å². The molecule has 1 saturated heterocycles. The fraction of sp³-hybridized carbons (Fsp3) is 0.923. The summed E-state index contributed by atoms with van der Waals surface area (Å²) in [5.74, 6) is 0.173. The monoisotopic (exact) mass is 227 g/mol. The van der Waals surface area contributed by atoms with Crippen LogP contribution in [0.5, 0.6) is 0 Å². The molecular formula is C13H25NO2. The van der Waals surface area contributed by atoms with E-state index in [4.69, 9.17) is 4.74 Å². The van der Waals surface area contributed by atoms with E-state index in [0.29, 0.717) is 6.04 Å². The maximum atomic E-state index is 12.0. The molecule has 0 aromatic carbocycles. The molecule has 3 nitrogen and oxygen atoms in total. The van der Waals surface area contributed by atoms with Crippen LogP contribution in [0, 0.1) is 0 Å². The number of ether oxygens (including phenoxy) is 1. The predicted octanol–water partition coefficient (Wildman–Crippen LogP) is 2.59. The zero-order valence-electron chi connectivity index (χ0n) is 10.9. The van der Waals surface area contributed by atoms with Crippen LogP contribution in [-0.4, -0.2) is 36.1 Å². The zero-order valence-corrected chi connectivity index (χ0v) is 10.9. The summed E-state index contributed by atoms with van der Waals surface area (Å²) in [6.07, 6.45) is 6.00. The molecule has 1 unspecified atom stereocenters. The first kappa shape index (κ1) is 13.5. The van der Waals surface area contributed by atoms with Gasteiger partial charge in [-0.05, 0) is 39.5 Å². The molecule has 0 spiro atoms. The predicted molar refractivity (Wildman–Crippen MR) is 65.3 cm³/mol. The summed E-state index contributed by atoms with van der Waals surface area (Å²) in [6.45, 7) is 7.28. The van der Waals surface area contributed by atoms with Gasteiger partial charge in [0.05, 0.1) is 6.10 Å². The van der Waals surface area contributed by atoms with E-state index in [-0.39, 0.29) is 18.6 Å². The Morgan fingerprint density at radius 2 is 2.19 bits per heavy atom. The summed E-state index contributed by atoms with van der Waals surface area (Å²) in [5, 5.41) is 0. The molecule has 1 atom stereocenters. The molecular weight excluding hydrogens is 202 g/mol. The number of hydrogen-bond donors (Lipinski definition) is 0. The molecule has 1 aliphatic heterocycles. The number of likely N-dealkylation sites (tertiary alicyclic amines) is 1. The van der Waals surface area contributed by atoms with Crippen molar-refractivity contribution in [2.24, 2.45) is 0 Å². The number of piperidine rings is 1. The Balaban J connectivity index is 2.43. The molecule has 1 amide bonds. The van der Waals surface area contributed by atoms with Gasteiger partial charge in [0.1, 0.15) is 6.61 Å². The fourth-order valence-electron chi connectivity index (χ4n) is 2.28. The quantitative estimate of drug-likeness (QED) is 0.722. The van der Waals surface area contributed by atoms with Crippen LogP contribution < -0.4 is 0 Å². The third-order valence-electron chi connectivity index (χ3n) is 3.11. The Kier molecular flexibility index (Phi) is 5.81. The molecule has 0 radical (unpaired) electrons. The van der Waals surface area contributed by atoms with Crippen molar-refractivity contribution in [3.8, 4) is 0 Å². The Morgan fingerprint density at radius 1 is 1.44 bits per heavy atom. The number of amides is 1. The minimum absolute atomic E-state index is 0.137. The van der Waals surface area contributed by atoms with E-state index in [9.17, 15) is 4.79 Å². The van der Waals surface area contributed by atoms with E-state index in [1.54, 1.807) is 0 Å². The number of carbonyl (C=O) groups is 1. The Labute approximate surface area is 99.1 Å². The van der Waals surface area contributed by atoms with E-state index in [1.165, 1.54) is 12.8 Å². The highest BCUT2D eigenvalue weighted by molar-refractivity contribution is 5.77. The maximum absolute atomic E-state index is 12.0. The lowest BCUT2D eigenvalue weighted by molar-refractivity contribution is -0.141. The third-order valence-corrected chi connectivity index (χ3v) is 3.11. The highest BCUT2D eigenvalue weighted by Gasteiger charge is 2.25. The molecule has 1 fully saturated rings. The first-order chi connectivity index (χ1) is 7.65. The van der Waals surface area contributed by atoms with Crippen LogP contribution in [0.25, 0.3) is 0 Å². The summed E-state index contributed by atoms with van der Waals surface area (Å²) in [4.78, 5) is 14.0. The van der Waals surface area contributed by atoms with E-state index in [0.717, 1.165) is 25.8 Å². The van der Waals surface area contributed by atoms with Gasteiger partial charge < -0.3 is 9.64 Å². The van der Waals surface area contributed by atoms with Crippen LogP contribution in [0.1, 0.15) is 52.9 Å². The fourth-order valence-corrected chi connectivity index (χ4v) is 2.28. The second-order valence-electron chi connectivity index (χ2n) is 4.89. The third kappa shape index (κ3) is 4.12. The summed E-state index contributed by atoms with van der Waals surface area (Å²) < 4.78 is 5.39. The molecule has 0 aromatic rings. The molecule has 16 heavy (non-hydrogen) atoms. The molecule has 3 heteroatoms. The van der Waals surface area contributed by atoms with Crippen LogP contribution in [0.4, 0.5) is 0 Å². The van der Waals surface area contributed by atoms with E-state index in [2.05, 4.69) is 6.92 Å². The molecule has 1 heterocycles. The molecule has 1 aliphatic rings. The van der Waals surface area contributed by atoms with Crippen molar-refractivity contribution in [1.29, 1.82) is 0 Å². The van der Waals surface area contributed by atoms with E-state index >= 15 is 0 Å². The van der Waals surface area contributed by atoms with Gasteiger partial charge in [-0.15, -0.1) is 0 Å². The molecule has 0 aromatic heterocycles. The van der Waals surface area contributed by atoms with Crippen LogP contribution in [-0.2, 0) is 9.53 Å². The lowest BCUT2D eigenvalue weighted by atomic mass is 9.98. The zero-order chi connectivity index (χ0) is 12.0.